The van der Waals surface area contributed by atoms with Crippen LogP contribution in [0.5, 0.6) is 0 Å². The van der Waals surface area contributed by atoms with Crippen LogP contribution in [0.25, 0.3) is 0 Å². The van der Waals surface area contributed by atoms with Crippen LogP contribution in [0.1, 0.15) is 33.1 Å². The smallest absolute Gasteiger partial charge is 0.0639 e. The Labute approximate surface area is 75.6 Å². The summed E-state index contributed by atoms with van der Waals surface area (Å²) in [5.74, 6) is 0.879. The molecule has 0 amide bonds. The lowest BCUT2D eigenvalue weighted by molar-refractivity contribution is 0.128. The fraction of sp³-hybridized carbons (Fsp3) is 1.00. The van der Waals surface area contributed by atoms with Crippen molar-refractivity contribution in [3.63, 3.8) is 0 Å². The van der Waals surface area contributed by atoms with E-state index in [0.29, 0.717) is 0 Å². The van der Waals surface area contributed by atoms with Crippen molar-refractivity contribution in [1.82, 2.24) is 4.90 Å². The summed E-state index contributed by atoms with van der Waals surface area (Å²) in [4.78, 5) is 2.38. The molecule has 72 valence electrons. The van der Waals surface area contributed by atoms with Crippen LogP contribution >= 0.6 is 0 Å². The minimum atomic E-state index is -0.168. The van der Waals surface area contributed by atoms with E-state index in [9.17, 15) is 5.11 Å². The summed E-state index contributed by atoms with van der Waals surface area (Å²) >= 11 is 0. The monoisotopic (exact) mass is 171 g/mol. The van der Waals surface area contributed by atoms with Crippen molar-refractivity contribution in [1.29, 1.82) is 0 Å². The van der Waals surface area contributed by atoms with Crippen LogP contribution in [0.4, 0.5) is 0 Å². The van der Waals surface area contributed by atoms with Crippen molar-refractivity contribution in [2.24, 2.45) is 5.92 Å². The first kappa shape index (κ1) is 10.0. The van der Waals surface area contributed by atoms with E-state index in [1.165, 1.54) is 32.4 Å². The van der Waals surface area contributed by atoms with Gasteiger partial charge in [0.2, 0.25) is 0 Å². The molecule has 0 spiro atoms. The zero-order valence-electron chi connectivity index (χ0n) is 8.29. The summed E-state index contributed by atoms with van der Waals surface area (Å²) in [6.07, 6.45) is 3.79. The van der Waals surface area contributed by atoms with Crippen LogP contribution < -0.4 is 0 Å². The Balaban J connectivity index is 2.26. The standard InChI is InChI=1S/C10H21NO/c1-9-4-3-6-11(7-5-9)8-10(2)12/h9-10,12H,3-8H2,1-2H3/t9?,10-/m1/s1. The molecule has 2 atom stereocenters. The molecule has 1 aliphatic heterocycles. The van der Waals surface area contributed by atoms with Crippen molar-refractivity contribution < 1.29 is 5.11 Å². The van der Waals surface area contributed by atoms with Gasteiger partial charge in [0.25, 0.3) is 0 Å². The lowest BCUT2D eigenvalue weighted by Crippen LogP contribution is -2.31. The van der Waals surface area contributed by atoms with E-state index in [2.05, 4.69) is 11.8 Å². The average molecular weight is 171 g/mol. The molecule has 0 radical (unpaired) electrons. The van der Waals surface area contributed by atoms with Gasteiger partial charge in [-0.25, -0.2) is 0 Å². The van der Waals surface area contributed by atoms with Crippen LogP contribution in [0.3, 0.4) is 0 Å². The van der Waals surface area contributed by atoms with Crippen molar-refractivity contribution in [3.8, 4) is 0 Å². The first-order valence-corrected chi connectivity index (χ1v) is 5.09. The molecule has 0 aromatic rings. The maximum Gasteiger partial charge on any atom is 0.0639 e. The molecule has 1 heterocycles. The highest BCUT2D eigenvalue weighted by atomic mass is 16.3. The molecule has 1 unspecified atom stereocenters. The fourth-order valence-electron chi connectivity index (χ4n) is 1.88. The number of β-amino-alcohol motifs (C(OH)–C–C–N with tert-alkyl or cyclic N) is 1. The molecule has 1 aliphatic rings. The normalized spacial score (nSPS) is 29.8. The van der Waals surface area contributed by atoms with Gasteiger partial charge in [-0.3, -0.25) is 0 Å². The number of hydrogen-bond acceptors (Lipinski definition) is 2. The highest BCUT2D eigenvalue weighted by Gasteiger charge is 2.14. The molecule has 2 heteroatoms. The summed E-state index contributed by atoms with van der Waals surface area (Å²) in [6, 6.07) is 0. The molecule has 12 heavy (non-hydrogen) atoms. The first-order valence-electron chi connectivity index (χ1n) is 5.09. The highest BCUT2D eigenvalue weighted by molar-refractivity contribution is 4.68. The van der Waals surface area contributed by atoms with Gasteiger partial charge in [-0.2, -0.15) is 0 Å². The van der Waals surface area contributed by atoms with Gasteiger partial charge in [0.15, 0.2) is 0 Å². The Kier molecular flexibility index (Phi) is 4.02. The third kappa shape index (κ3) is 3.55. The van der Waals surface area contributed by atoms with Gasteiger partial charge in [0.1, 0.15) is 0 Å². The Morgan fingerprint density at radius 1 is 1.42 bits per heavy atom. The number of hydrogen-bond donors (Lipinski definition) is 1. The van der Waals surface area contributed by atoms with E-state index in [4.69, 9.17) is 0 Å². The third-order valence-electron chi connectivity index (χ3n) is 2.63. The molecule has 0 aromatic heterocycles. The van der Waals surface area contributed by atoms with Crippen LogP contribution in [-0.4, -0.2) is 35.7 Å². The van der Waals surface area contributed by atoms with Crippen LogP contribution in [-0.2, 0) is 0 Å². The number of aliphatic hydroxyl groups is 1. The van der Waals surface area contributed by atoms with Crippen LogP contribution in [0, 0.1) is 5.92 Å². The van der Waals surface area contributed by atoms with Gasteiger partial charge >= 0.3 is 0 Å². The molecule has 0 aromatic carbocycles. The lowest BCUT2D eigenvalue weighted by Gasteiger charge is -2.21. The highest BCUT2D eigenvalue weighted by Crippen LogP contribution is 2.16. The van der Waals surface area contributed by atoms with Gasteiger partial charge in [0, 0.05) is 6.54 Å². The summed E-state index contributed by atoms with van der Waals surface area (Å²) in [6.45, 7) is 7.40. The molecule has 2 nitrogen and oxygen atoms in total. The minimum Gasteiger partial charge on any atom is -0.392 e. The van der Waals surface area contributed by atoms with E-state index in [1.54, 1.807) is 0 Å². The minimum absolute atomic E-state index is 0.168. The second-order valence-electron chi connectivity index (χ2n) is 4.19. The maximum absolute atomic E-state index is 9.22. The van der Waals surface area contributed by atoms with Gasteiger partial charge in [-0.15, -0.1) is 0 Å². The van der Waals surface area contributed by atoms with E-state index in [1.807, 2.05) is 6.92 Å². The van der Waals surface area contributed by atoms with E-state index >= 15 is 0 Å². The predicted octanol–water partition coefficient (Wildman–Crippen LogP) is 1.49. The number of rotatable bonds is 2. The molecular formula is C10H21NO. The first-order chi connectivity index (χ1) is 5.68. The van der Waals surface area contributed by atoms with Crippen LogP contribution in [0.2, 0.25) is 0 Å². The van der Waals surface area contributed by atoms with Crippen molar-refractivity contribution in [2.45, 2.75) is 39.2 Å². The predicted molar refractivity (Wildman–Crippen MR) is 51.1 cm³/mol. The molecule has 0 bridgehead atoms. The molecule has 0 aliphatic carbocycles. The molecule has 0 saturated carbocycles. The van der Waals surface area contributed by atoms with Gasteiger partial charge in [-0.1, -0.05) is 6.92 Å². The van der Waals surface area contributed by atoms with Crippen molar-refractivity contribution in [2.75, 3.05) is 19.6 Å². The molecule has 1 fully saturated rings. The quantitative estimate of drug-likeness (QED) is 0.680. The van der Waals surface area contributed by atoms with Crippen molar-refractivity contribution in [3.05, 3.63) is 0 Å². The molecule has 1 saturated heterocycles. The largest absolute Gasteiger partial charge is 0.392 e. The Hall–Kier alpha value is -0.0800. The summed E-state index contributed by atoms with van der Waals surface area (Å²) in [5, 5.41) is 9.22. The van der Waals surface area contributed by atoms with Gasteiger partial charge in [-0.05, 0) is 45.2 Å². The Morgan fingerprint density at radius 3 is 2.83 bits per heavy atom. The number of likely N-dealkylation sites (tertiary alicyclic amines) is 1. The van der Waals surface area contributed by atoms with E-state index in [0.717, 1.165) is 12.5 Å². The number of aliphatic hydroxyl groups excluding tert-OH is 1. The summed E-state index contributed by atoms with van der Waals surface area (Å²) < 4.78 is 0. The molecular weight excluding hydrogens is 150 g/mol. The average Bonchev–Trinajstić information content (AvgIpc) is 2.15. The van der Waals surface area contributed by atoms with Gasteiger partial charge < -0.3 is 10.0 Å². The topological polar surface area (TPSA) is 23.5 Å². The van der Waals surface area contributed by atoms with Gasteiger partial charge in [0.05, 0.1) is 6.10 Å². The molecule has 1 N–H and O–H groups in total. The third-order valence-corrected chi connectivity index (χ3v) is 2.63. The molecule has 1 rings (SSSR count). The second kappa shape index (κ2) is 4.83. The van der Waals surface area contributed by atoms with Crippen molar-refractivity contribution >= 4 is 0 Å². The Morgan fingerprint density at radius 2 is 2.17 bits per heavy atom. The zero-order valence-corrected chi connectivity index (χ0v) is 8.29. The lowest BCUT2D eigenvalue weighted by atomic mass is 10.0. The summed E-state index contributed by atoms with van der Waals surface area (Å²) in [7, 11) is 0. The van der Waals surface area contributed by atoms with Crippen LogP contribution in [0.15, 0.2) is 0 Å². The second-order valence-corrected chi connectivity index (χ2v) is 4.19. The van der Waals surface area contributed by atoms with E-state index < -0.39 is 0 Å². The number of nitrogens with zero attached hydrogens (tertiary/aromatic N) is 1. The zero-order chi connectivity index (χ0) is 8.97. The Bertz CT molecular complexity index is 125. The fourth-order valence-corrected chi connectivity index (χ4v) is 1.88. The summed E-state index contributed by atoms with van der Waals surface area (Å²) in [5.41, 5.74) is 0. The maximum atomic E-state index is 9.22. The SMILES string of the molecule is CC1CCCN(C[C@@H](C)O)CC1. The van der Waals surface area contributed by atoms with E-state index in [-0.39, 0.29) is 6.10 Å².